The first-order valence-corrected chi connectivity index (χ1v) is 6.23. The van der Waals surface area contributed by atoms with E-state index in [-0.39, 0.29) is 5.56 Å². The third-order valence-electron chi connectivity index (χ3n) is 3.25. The molecule has 1 aromatic carbocycles. The Hall–Kier alpha value is -1.10. The smallest absolute Gasteiger partial charge is 0.152 e. The van der Waals surface area contributed by atoms with Crippen LogP contribution >= 0.6 is 0 Å². The quantitative estimate of drug-likeness (QED) is 0.765. The summed E-state index contributed by atoms with van der Waals surface area (Å²) in [5.41, 5.74) is 1.16. The second kappa shape index (κ2) is 5.70. The first-order chi connectivity index (χ1) is 8.65. The molecule has 0 aliphatic carbocycles. The van der Waals surface area contributed by atoms with Crippen LogP contribution in [0.2, 0.25) is 6.82 Å². The zero-order chi connectivity index (χ0) is 13.1. The topological polar surface area (TPSA) is 12.5 Å². The molecule has 1 aromatic rings. The molecule has 0 spiro atoms. The van der Waals surface area contributed by atoms with E-state index in [1.54, 1.807) is 6.07 Å². The highest BCUT2D eigenvalue weighted by molar-refractivity contribution is 6.32. The number of morpholine rings is 1. The molecule has 2 rings (SSSR count). The van der Waals surface area contributed by atoms with E-state index >= 15 is 0 Å². The van der Waals surface area contributed by atoms with Gasteiger partial charge in [0.2, 0.25) is 0 Å². The van der Waals surface area contributed by atoms with Crippen molar-refractivity contribution in [1.29, 1.82) is 0 Å². The number of halogens is 2. The maximum absolute atomic E-state index is 14.1. The van der Waals surface area contributed by atoms with Crippen LogP contribution in [0.25, 0.3) is 0 Å². The fourth-order valence-corrected chi connectivity index (χ4v) is 2.22. The van der Waals surface area contributed by atoms with E-state index in [1.807, 2.05) is 19.0 Å². The van der Waals surface area contributed by atoms with Crippen molar-refractivity contribution < 1.29 is 13.5 Å². The lowest BCUT2D eigenvalue weighted by Gasteiger charge is -2.30. The van der Waals surface area contributed by atoms with E-state index in [9.17, 15) is 8.78 Å². The largest absolute Gasteiger partial charge is 0.378 e. The Kier molecular flexibility index (Phi) is 4.22. The van der Waals surface area contributed by atoms with E-state index in [0.717, 1.165) is 0 Å². The van der Waals surface area contributed by atoms with Crippen LogP contribution in [-0.2, 0) is 11.1 Å². The minimum Gasteiger partial charge on any atom is -0.378 e. The monoisotopic (exact) mass is 252 g/mol. The normalized spacial score (nSPS) is 15.9. The third kappa shape index (κ3) is 2.51. The summed E-state index contributed by atoms with van der Waals surface area (Å²) < 4.78 is 33.3. The molecule has 1 fully saturated rings. The summed E-state index contributed by atoms with van der Waals surface area (Å²) in [6.07, 6.45) is 0.518. The zero-order valence-corrected chi connectivity index (χ0v) is 10.8. The van der Waals surface area contributed by atoms with Gasteiger partial charge in [0, 0.05) is 18.7 Å². The van der Waals surface area contributed by atoms with Crippen molar-refractivity contribution in [3.63, 3.8) is 0 Å². The van der Waals surface area contributed by atoms with Crippen LogP contribution in [0.4, 0.5) is 14.5 Å². The Balaban J connectivity index is 2.39. The van der Waals surface area contributed by atoms with Crippen LogP contribution in [0.3, 0.4) is 0 Å². The molecule has 0 unspecified atom stereocenters. The van der Waals surface area contributed by atoms with Gasteiger partial charge >= 0.3 is 0 Å². The van der Waals surface area contributed by atoms with Crippen molar-refractivity contribution in [2.75, 3.05) is 31.2 Å². The van der Waals surface area contributed by atoms with Crippen molar-refractivity contribution >= 4 is 13.0 Å². The van der Waals surface area contributed by atoms with Gasteiger partial charge in [-0.25, -0.2) is 8.78 Å². The first kappa shape index (κ1) is 13.3. The van der Waals surface area contributed by atoms with E-state index in [1.165, 1.54) is 6.92 Å². The van der Waals surface area contributed by atoms with Crippen molar-refractivity contribution in [3.8, 4) is 0 Å². The highest BCUT2D eigenvalue weighted by Crippen LogP contribution is 2.28. The van der Waals surface area contributed by atoms with Crippen molar-refractivity contribution in [2.45, 2.75) is 20.1 Å². The molecule has 2 nitrogen and oxygen atoms in total. The zero-order valence-electron chi connectivity index (χ0n) is 10.8. The fraction of sp³-hybridized carbons (Fsp3) is 0.538. The van der Waals surface area contributed by atoms with Gasteiger partial charge in [0.05, 0.1) is 18.9 Å². The molecule has 1 saturated heterocycles. The average molecular weight is 252 g/mol. The van der Waals surface area contributed by atoms with Crippen LogP contribution in [0.1, 0.15) is 11.1 Å². The molecule has 1 aliphatic rings. The van der Waals surface area contributed by atoms with Crippen molar-refractivity contribution in [3.05, 3.63) is 28.8 Å². The van der Waals surface area contributed by atoms with Gasteiger partial charge in [-0.05, 0) is 18.6 Å². The van der Waals surface area contributed by atoms with Gasteiger partial charge in [0.1, 0.15) is 13.1 Å². The van der Waals surface area contributed by atoms with Gasteiger partial charge in [-0.3, -0.25) is 0 Å². The van der Waals surface area contributed by atoms with Crippen LogP contribution < -0.4 is 4.90 Å². The number of hydrogen-bond acceptors (Lipinski definition) is 2. The lowest BCUT2D eigenvalue weighted by Crippen LogP contribution is -2.37. The molecule has 1 heterocycles. The lowest BCUT2D eigenvalue weighted by atomic mass is 9.74. The van der Waals surface area contributed by atoms with Gasteiger partial charge in [-0.15, -0.1) is 0 Å². The Morgan fingerprint density at radius 3 is 2.56 bits per heavy atom. The molecular formula is C13H17BF2NO. The molecule has 1 aliphatic heterocycles. The predicted molar refractivity (Wildman–Crippen MR) is 69.4 cm³/mol. The molecule has 97 valence electrons. The molecule has 0 aromatic heterocycles. The van der Waals surface area contributed by atoms with Crippen LogP contribution in [0.5, 0.6) is 0 Å². The molecule has 0 N–H and O–H groups in total. The highest BCUT2D eigenvalue weighted by Gasteiger charge is 2.20. The van der Waals surface area contributed by atoms with E-state index in [2.05, 4.69) is 0 Å². The van der Waals surface area contributed by atoms with Gasteiger partial charge in [-0.2, -0.15) is 0 Å². The Labute approximate surface area is 107 Å². The highest BCUT2D eigenvalue weighted by atomic mass is 19.1. The van der Waals surface area contributed by atoms with Crippen molar-refractivity contribution in [1.82, 2.24) is 0 Å². The van der Waals surface area contributed by atoms with E-state index in [0.29, 0.717) is 43.9 Å². The van der Waals surface area contributed by atoms with Crippen molar-refractivity contribution in [2.24, 2.45) is 0 Å². The number of benzene rings is 1. The molecular weight excluding hydrogens is 235 g/mol. The molecule has 0 saturated carbocycles. The lowest BCUT2D eigenvalue weighted by molar-refractivity contribution is 0.122. The number of hydrogen-bond donors (Lipinski definition) is 0. The molecule has 0 amide bonds. The molecule has 18 heavy (non-hydrogen) atoms. The summed E-state index contributed by atoms with van der Waals surface area (Å²) in [7, 11) is 1.87. The minimum atomic E-state index is -0.450. The summed E-state index contributed by atoms with van der Waals surface area (Å²) in [6, 6.07) is 1.63. The predicted octanol–water partition coefficient (Wildman–Crippen LogP) is 2.36. The summed E-state index contributed by atoms with van der Waals surface area (Å²) in [4.78, 5) is 1.92. The Bertz CT molecular complexity index is 433. The Morgan fingerprint density at radius 2 is 1.94 bits per heavy atom. The Morgan fingerprint density at radius 1 is 1.28 bits per heavy atom. The molecule has 1 radical (unpaired) electrons. The van der Waals surface area contributed by atoms with E-state index in [4.69, 9.17) is 4.74 Å². The summed E-state index contributed by atoms with van der Waals surface area (Å²) >= 11 is 0. The number of nitrogens with zero attached hydrogens (tertiary/aromatic N) is 1. The summed E-state index contributed by atoms with van der Waals surface area (Å²) in [5, 5.41) is 0. The summed E-state index contributed by atoms with van der Waals surface area (Å²) in [6.45, 7) is 5.84. The summed E-state index contributed by atoms with van der Waals surface area (Å²) in [5.74, 6) is -0.878. The van der Waals surface area contributed by atoms with Gasteiger partial charge in [0.25, 0.3) is 0 Å². The maximum Gasteiger partial charge on any atom is 0.152 e. The minimum absolute atomic E-state index is 0.107. The second-order valence-corrected chi connectivity index (χ2v) is 4.52. The standard InChI is InChI=1S/C13H17BF2NO/c1-9-12(15)10(8-14-2)7-11(13(9)16)17-3-5-18-6-4-17/h7H,3-6,8H2,1-2H3. The fourth-order valence-electron chi connectivity index (χ4n) is 2.22. The molecule has 0 bridgehead atoms. The molecule has 0 atom stereocenters. The number of ether oxygens (including phenoxy) is 1. The molecule has 5 heteroatoms. The van der Waals surface area contributed by atoms with Gasteiger partial charge < -0.3 is 9.64 Å². The average Bonchev–Trinajstić information content (AvgIpc) is 2.40. The van der Waals surface area contributed by atoms with E-state index < -0.39 is 11.6 Å². The van der Waals surface area contributed by atoms with Crippen LogP contribution in [-0.4, -0.2) is 33.6 Å². The van der Waals surface area contributed by atoms with Crippen LogP contribution in [0.15, 0.2) is 6.07 Å². The third-order valence-corrected chi connectivity index (χ3v) is 3.25. The number of anilines is 1. The SMILES string of the molecule is C[B]Cc1cc(N2CCOCC2)c(F)c(C)c1F. The second-order valence-electron chi connectivity index (χ2n) is 4.52. The van der Waals surface area contributed by atoms with Gasteiger partial charge in [-0.1, -0.05) is 13.1 Å². The number of rotatable bonds is 3. The van der Waals surface area contributed by atoms with Crippen LogP contribution in [0, 0.1) is 18.6 Å². The van der Waals surface area contributed by atoms with Gasteiger partial charge in [0.15, 0.2) is 5.82 Å². The first-order valence-electron chi connectivity index (χ1n) is 6.23. The maximum atomic E-state index is 14.1.